The van der Waals surface area contributed by atoms with Crippen LogP contribution in [0.1, 0.15) is 22.8 Å². The van der Waals surface area contributed by atoms with Gasteiger partial charge < -0.3 is 14.2 Å². The van der Waals surface area contributed by atoms with Gasteiger partial charge in [0, 0.05) is 0 Å². The van der Waals surface area contributed by atoms with Gasteiger partial charge >= 0.3 is 5.97 Å². The Morgan fingerprint density at radius 3 is 2.07 bits per heavy atom. The largest absolute Gasteiger partial charge is 0.497 e. The molecule has 1 atom stereocenters. The van der Waals surface area contributed by atoms with Crippen molar-refractivity contribution in [1.29, 1.82) is 0 Å². The number of benzene rings is 2. The quantitative estimate of drug-likeness (QED) is 0.156. The molecule has 0 bridgehead atoms. The molecule has 2 aromatic carbocycles. The molecule has 0 aliphatic carbocycles. The Balaban J connectivity index is 1.88. The molecular weight excluding hydrogens is 399 g/mol. The van der Waals surface area contributed by atoms with Crippen LogP contribution in [0.5, 0.6) is 5.75 Å². The first-order valence-electron chi connectivity index (χ1n) is 8.36. The number of hydrogen-bond donors (Lipinski definition) is 0. The zero-order chi connectivity index (χ0) is 21.6. The monoisotopic (exact) mass is 416 g/mol. The highest BCUT2D eigenvalue weighted by molar-refractivity contribution is 5.90. The van der Waals surface area contributed by atoms with Crippen LogP contribution >= 0.6 is 0 Å². The standard InChI is InChI=1S/C20H17F5O4/c1-11(4-3-9-28-10-12-5-7-13(27-2)8-6-12)29-20(26)14-15(21)17(23)19(25)18(24)16(14)22/h3-8,11H,9-10H2,1-2H3/b4-3-. The maximum Gasteiger partial charge on any atom is 0.344 e. The molecule has 0 spiro atoms. The molecule has 0 aliphatic heterocycles. The smallest absolute Gasteiger partial charge is 0.344 e. The lowest BCUT2D eigenvalue weighted by molar-refractivity contribution is 0.0408. The summed E-state index contributed by atoms with van der Waals surface area (Å²) >= 11 is 0. The van der Waals surface area contributed by atoms with E-state index in [1.807, 2.05) is 12.1 Å². The molecule has 2 rings (SSSR count). The van der Waals surface area contributed by atoms with Gasteiger partial charge in [-0.1, -0.05) is 18.2 Å². The van der Waals surface area contributed by atoms with E-state index in [2.05, 4.69) is 0 Å². The third-order valence-electron chi connectivity index (χ3n) is 3.76. The summed E-state index contributed by atoms with van der Waals surface area (Å²) in [7, 11) is 1.55. The molecule has 0 saturated heterocycles. The molecule has 0 fully saturated rings. The summed E-state index contributed by atoms with van der Waals surface area (Å²) in [4.78, 5) is 11.8. The van der Waals surface area contributed by atoms with Crippen molar-refractivity contribution in [3.05, 3.63) is 76.6 Å². The van der Waals surface area contributed by atoms with E-state index in [1.54, 1.807) is 19.2 Å². The lowest BCUT2D eigenvalue weighted by Gasteiger charge is -2.11. The normalized spacial score (nSPS) is 12.2. The number of hydrogen-bond acceptors (Lipinski definition) is 4. The molecule has 0 amide bonds. The highest BCUT2D eigenvalue weighted by Crippen LogP contribution is 2.24. The molecule has 9 heteroatoms. The third-order valence-corrected chi connectivity index (χ3v) is 3.76. The molecule has 156 valence electrons. The highest BCUT2D eigenvalue weighted by Gasteiger charge is 2.31. The summed E-state index contributed by atoms with van der Waals surface area (Å²) in [5.41, 5.74) is -0.748. The van der Waals surface area contributed by atoms with Crippen LogP contribution in [-0.4, -0.2) is 25.8 Å². The lowest BCUT2D eigenvalue weighted by Crippen LogP contribution is -2.19. The lowest BCUT2D eigenvalue weighted by atomic mass is 10.1. The molecule has 1 unspecified atom stereocenters. The van der Waals surface area contributed by atoms with Crippen molar-refractivity contribution in [2.24, 2.45) is 0 Å². The molecule has 0 aromatic heterocycles. The molecule has 0 heterocycles. The van der Waals surface area contributed by atoms with Gasteiger partial charge in [-0.15, -0.1) is 0 Å². The van der Waals surface area contributed by atoms with Gasteiger partial charge in [-0.3, -0.25) is 0 Å². The zero-order valence-corrected chi connectivity index (χ0v) is 15.5. The Hall–Kier alpha value is -2.94. The Bertz CT molecular complexity index is 868. The van der Waals surface area contributed by atoms with Crippen LogP contribution in [0.4, 0.5) is 22.0 Å². The molecule has 4 nitrogen and oxygen atoms in total. The maximum atomic E-state index is 13.6. The Morgan fingerprint density at radius 1 is 0.966 bits per heavy atom. The number of carbonyl (C=O) groups excluding carboxylic acids is 1. The molecular formula is C20H17F5O4. The summed E-state index contributed by atoms with van der Waals surface area (Å²) in [5, 5.41) is 0. The van der Waals surface area contributed by atoms with Crippen molar-refractivity contribution in [2.75, 3.05) is 13.7 Å². The van der Waals surface area contributed by atoms with E-state index in [4.69, 9.17) is 14.2 Å². The second-order valence-electron chi connectivity index (χ2n) is 5.85. The van der Waals surface area contributed by atoms with Crippen LogP contribution < -0.4 is 4.74 Å². The van der Waals surface area contributed by atoms with Gasteiger partial charge in [-0.2, -0.15) is 0 Å². The van der Waals surface area contributed by atoms with Crippen LogP contribution in [0.3, 0.4) is 0 Å². The van der Waals surface area contributed by atoms with Gasteiger partial charge in [-0.25, -0.2) is 26.7 Å². The SMILES string of the molecule is COc1ccc(COC/C=C\C(C)OC(=O)c2c(F)c(F)c(F)c(F)c2F)cc1. The number of halogens is 5. The van der Waals surface area contributed by atoms with Gasteiger partial charge in [0.1, 0.15) is 17.4 Å². The van der Waals surface area contributed by atoms with Crippen LogP contribution in [0, 0.1) is 29.1 Å². The predicted octanol–water partition coefficient (Wildman–Crippen LogP) is 4.71. The van der Waals surface area contributed by atoms with Gasteiger partial charge in [0.25, 0.3) is 0 Å². The van der Waals surface area contributed by atoms with Crippen LogP contribution in [0.15, 0.2) is 36.4 Å². The first-order chi connectivity index (χ1) is 13.8. The fraction of sp³-hybridized carbons (Fsp3) is 0.250. The summed E-state index contributed by atoms with van der Waals surface area (Å²) in [6, 6.07) is 7.18. The number of carbonyl (C=O) groups is 1. The molecule has 29 heavy (non-hydrogen) atoms. The average Bonchev–Trinajstić information content (AvgIpc) is 2.71. The van der Waals surface area contributed by atoms with Gasteiger partial charge in [-0.05, 0) is 30.7 Å². The number of ether oxygens (including phenoxy) is 3. The summed E-state index contributed by atoms with van der Waals surface area (Å²) < 4.78 is 81.7. The zero-order valence-electron chi connectivity index (χ0n) is 15.5. The van der Waals surface area contributed by atoms with Crippen molar-refractivity contribution >= 4 is 5.97 Å². The molecule has 0 radical (unpaired) electrons. The molecule has 0 saturated carbocycles. The topological polar surface area (TPSA) is 44.8 Å². The maximum absolute atomic E-state index is 13.6. The minimum absolute atomic E-state index is 0.135. The molecule has 0 aliphatic rings. The molecule has 2 aromatic rings. The van der Waals surface area contributed by atoms with E-state index < -0.39 is 46.7 Å². The van der Waals surface area contributed by atoms with Crippen LogP contribution in [-0.2, 0) is 16.1 Å². The minimum atomic E-state index is -2.35. The van der Waals surface area contributed by atoms with Crippen molar-refractivity contribution in [3.8, 4) is 5.75 Å². The summed E-state index contributed by atoms with van der Waals surface area (Å²) in [6.45, 7) is 1.79. The van der Waals surface area contributed by atoms with E-state index in [0.717, 1.165) is 5.56 Å². The second-order valence-corrected chi connectivity index (χ2v) is 5.85. The first kappa shape index (κ1) is 22.4. The van der Waals surface area contributed by atoms with Crippen molar-refractivity contribution in [2.45, 2.75) is 19.6 Å². The Labute approximate surface area is 163 Å². The van der Waals surface area contributed by atoms with E-state index in [0.29, 0.717) is 12.4 Å². The minimum Gasteiger partial charge on any atom is -0.497 e. The van der Waals surface area contributed by atoms with Crippen molar-refractivity contribution in [1.82, 2.24) is 0 Å². The molecule has 0 N–H and O–H groups in total. The third kappa shape index (κ3) is 5.54. The highest BCUT2D eigenvalue weighted by atomic mass is 19.2. The van der Waals surface area contributed by atoms with Crippen LogP contribution in [0.25, 0.3) is 0 Å². The average molecular weight is 416 g/mol. The Kier molecular flexibility index (Phi) is 7.72. The van der Waals surface area contributed by atoms with Gasteiger partial charge in [0.15, 0.2) is 23.3 Å². The van der Waals surface area contributed by atoms with E-state index >= 15 is 0 Å². The fourth-order valence-corrected chi connectivity index (χ4v) is 2.26. The van der Waals surface area contributed by atoms with Crippen molar-refractivity contribution < 1.29 is 41.0 Å². The predicted molar refractivity (Wildman–Crippen MR) is 92.9 cm³/mol. The Morgan fingerprint density at radius 2 is 1.52 bits per heavy atom. The van der Waals surface area contributed by atoms with Gasteiger partial charge in [0.2, 0.25) is 5.82 Å². The second kappa shape index (κ2) is 10.0. The first-order valence-corrected chi connectivity index (χ1v) is 8.36. The van der Waals surface area contributed by atoms with E-state index in [-0.39, 0.29) is 6.61 Å². The fourth-order valence-electron chi connectivity index (χ4n) is 2.26. The number of methoxy groups -OCH3 is 1. The van der Waals surface area contributed by atoms with Crippen molar-refractivity contribution in [3.63, 3.8) is 0 Å². The van der Waals surface area contributed by atoms with E-state index in [1.165, 1.54) is 19.1 Å². The van der Waals surface area contributed by atoms with Crippen LogP contribution in [0.2, 0.25) is 0 Å². The summed E-state index contributed by atoms with van der Waals surface area (Å²) in [6.07, 6.45) is 1.83. The van der Waals surface area contributed by atoms with Gasteiger partial charge in [0.05, 0.1) is 20.3 Å². The number of rotatable bonds is 8. The van der Waals surface area contributed by atoms with E-state index in [9.17, 15) is 26.7 Å². The number of esters is 1. The summed E-state index contributed by atoms with van der Waals surface area (Å²) in [5.74, 6) is -12.2.